The normalized spacial score (nSPS) is 31.8. The van der Waals surface area contributed by atoms with Crippen molar-refractivity contribution < 1.29 is 42.1 Å². The first kappa shape index (κ1) is 25.7. The van der Waals surface area contributed by atoms with E-state index >= 15 is 0 Å². The second-order valence-corrected chi connectivity index (χ2v) is 11.2. The van der Waals surface area contributed by atoms with Crippen LogP contribution in [0.4, 0.5) is 14.5 Å². The number of nitriles is 1. The lowest BCUT2D eigenvalue weighted by atomic mass is 10.1. The molecule has 3 aliphatic rings. The maximum absolute atomic E-state index is 14.0. The van der Waals surface area contributed by atoms with Gasteiger partial charge in [0.15, 0.2) is 35.2 Å². The molecule has 0 unspecified atom stereocenters. The standard InChI is InChI=1S/C20H23ClF2N5O7P/c1-20(2)34-15-12(6-32-8-36(29,30)31)33-19(16(15)35-20)28-7-25-13-14(27-4-10(22)11(23)5-27)9(3-24)17(21)26-18(13)28/h7,10-12,15-16,19H,4-6,8H2,1-2H3,(H2,29,30,31)/t10-,11+,12-,15-,16-,19-/m1/s1. The van der Waals surface area contributed by atoms with Gasteiger partial charge in [0.05, 0.1) is 31.7 Å². The molecule has 5 heterocycles. The number of halogens is 3. The SMILES string of the molecule is CC1(C)O[C@@H]2[C@H](O1)[C@@H](COCP(=O)(O)O)O[C@H]2n1cnc2c(N3C[C@@H](F)[C@@H](F)C3)c(C#N)c(Cl)nc21. The van der Waals surface area contributed by atoms with E-state index in [-0.39, 0.29) is 47.3 Å². The molecule has 2 aromatic heterocycles. The van der Waals surface area contributed by atoms with E-state index in [4.69, 9.17) is 40.3 Å². The summed E-state index contributed by atoms with van der Waals surface area (Å²) in [4.78, 5) is 28.2. The van der Waals surface area contributed by atoms with Gasteiger partial charge in [0.25, 0.3) is 0 Å². The lowest BCUT2D eigenvalue weighted by molar-refractivity contribution is -0.201. The molecule has 0 spiro atoms. The number of rotatable bonds is 6. The first-order chi connectivity index (χ1) is 16.9. The number of aromatic nitrogens is 3. The van der Waals surface area contributed by atoms with Gasteiger partial charge in [-0.3, -0.25) is 9.13 Å². The van der Waals surface area contributed by atoms with Crippen molar-refractivity contribution in [3.8, 4) is 6.07 Å². The summed E-state index contributed by atoms with van der Waals surface area (Å²) in [5, 5.41) is 9.50. The van der Waals surface area contributed by atoms with Gasteiger partial charge in [-0.2, -0.15) is 5.26 Å². The fourth-order valence-electron chi connectivity index (χ4n) is 4.80. The van der Waals surface area contributed by atoms with Crippen molar-refractivity contribution in [1.82, 2.24) is 14.5 Å². The molecule has 12 nitrogen and oxygen atoms in total. The van der Waals surface area contributed by atoms with Crippen LogP contribution in [0.25, 0.3) is 11.2 Å². The van der Waals surface area contributed by atoms with Crippen molar-refractivity contribution in [2.45, 2.75) is 56.5 Å². The van der Waals surface area contributed by atoms with Crippen LogP contribution in [0, 0.1) is 11.3 Å². The van der Waals surface area contributed by atoms with Crippen LogP contribution < -0.4 is 4.90 Å². The molecule has 16 heteroatoms. The number of fused-ring (bicyclic) bond motifs is 2. The fraction of sp³-hybridized carbons (Fsp3) is 0.650. The van der Waals surface area contributed by atoms with E-state index < -0.39 is 56.6 Å². The molecule has 0 amide bonds. The molecule has 0 aliphatic carbocycles. The summed E-state index contributed by atoms with van der Waals surface area (Å²) in [6.45, 7) is 2.70. The molecule has 2 N–H and O–H groups in total. The van der Waals surface area contributed by atoms with Crippen molar-refractivity contribution in [3.05, 3.63) is 17.0 Å². The number of imidazole rings is 1. The van der Waals surface area contributed by atoms with Crippen molar-refractivity contribution >= 4 is 36.0 Å². The lowest BCUT2D eigenvalue weighted by Crippen LogP contribution is -2.33. The topological polar surface area (TPSA) is 152 Å². The molecule has 0 radical (unpaired) electrons. The highest BCUT2D eigenvalue weighted by molar-refractivity contribution is 7.51. The maximum Gasteiger partial charge on any atom is 0.350 e. The monoisotopic (exact) mass is 549 g/mol. The fourth-order valence-corrected chi connectivity index (χ4v) is 5.36. The molecule has 6 atom stereocenters. The zero-order valence-corrected chi connectivity index (χ0v) is 20.8. The average Bonchev–Trinajstić information content (AvgIpc) is 3.49. The molecule has 0 bridgehead atoms. The Bertz CT molecular complexity index is 1260. The molecule has 0 aromatic carbocycles. The van der Waals surface area contributed by atoms with Crippen molar-refractivity contribution in [2.24, 2.45) is 0 Å². The largest absolute Gasteiger partial charge is 0.366 e. The van der Waals surface area contributed by atoms with Gasteiger partial charge in [0, 0.05) is 0 Å². The Hall–Kier alpha value is -1.95. The summed E-state index contributed by atoms with van der Waals surface area (Å²) < 4.78 is 63.9. The van der Waals surface area contributed by atoms with Crippen LogP contribution in [-0.4, -0.2) is 86.8 Å². The predicted octanol–water partition coefficient (Wildman–Crippen LogP) is 2.02. The molecule has 3 saturated heterocycles. The molecule has 0 saturated carbocycles. The second kappa shape index (κ2) is 9.11. The summed E-state index contributed by atoms with van der Waals surface area (Å²) >= 11 is 6.31. The van der Waals surface area contributed by atoms with E-state index in [0.29, 0.717) is 0 Å². The zero-order chi connectivity index (χ0) is 26.0. The molecule has 3 aliphatic heterocycles. The van der Waals surface area contributed by atoms with Gasteiger partial charge < -0.3 is 33.6 Å². The van der Waals surface area contributed by atoms with Gasteiger partial charge in [-0.15, -0.1) is 0 Å². The van der Waals surface area contributed by atoms with Crippen LogP contribution in [-0.2, 0) is 23.5 Å². The van der Waals surface area contributed by atoms with Gasteiger partial charge in [-0.25, -0.2) is 18.7 Å². The number of alkyl halides is 2. The highest BCUT2D eigenvalue weighted by Crippen LogP contribution is 2.45. The first-order valence-electron chi connectivity index (χ1n) is 11.0. The number of hydrogen-bond acceptors (Lipinski definition) is 9. The van der Waals surface area contributed by atoms with Gasteiger partial charge in [0.1, 0.15) is 41.8 Å². The van der Waals surface area contributed by atoms with Crippen LogP contribution in [0.1, 0.15) is 25.6 Å². The van der Waals surface area contributed by atoms with Crippen LogP contribution in [0.3, 0.4) is 0 Å². The van der Waals surface area contributed by atoms with E-state index in [1.54, 1.807) is 13.8 Å². The van der Waals surface area contributed by atoms with Crippen LogP contribution >= 0.6 is 19.2 Å². The molecule has 196 valence electrons. The Morgan fingerprint density at radius 3 is 2.61 bits per heavy atom. The van der Waals surface area contributed by atoms with E-state index in [1.807, 2.05) is 6.07 Å². The van der Waals surface area contributed by atoms with Crippen LogP contribution in [0.5, 0.6) is 0 Å². The van der Waals surface area contributed by atoms with Crippen molar-refractivity contribution in [1.29, 1.82) is 5.26 Å². The number of hydrogen-bond donors (Lipinski definition) is 2. The van der Waals surface area contributed by atoms with E-state index in [0.717, 1.165) is 0 Å². The third-order valence-corrected chi connectivity index (χ3v) is 6.98. The summed E-state index contributed by atoms with van der Waals surface area (Å²) in [5.74, 6) is -0.985. The molecule has 5 rings (SSSR count). The minimum atomic E-state index is -4.38. The zero-order valence-electron chi connectivity index (χ0n) is 19.1. The number of nitrogens with zero attached hydrogens (tertiary/aromatic N) is 5. The van der Waals surface area contributed by atoms with E-state index in [1.165, 1.54) is 15.8 Å². The highest BCUT2D eigenvalue weighted by Gasteiger charge is 2.56. The Labute approximate surface area is 208 Å². The smallest absolute Gasteiger partial charge is 0.350 e. The first-order valence-corrected chi connectivity index (χ1v) is 13.2. The molecular weight excluding hydrogens is 527 g/mol. The lowest BCUT2D eigenvalue weighted by Gasteiger charge is -2.25. The van der Waals surface area contributed by atoms with Gasteiger partial charge in [0.2, 0.25) is 0 Å². The Balaban J connectivity index is 1.52. The summed E-state index contributed by atoms with van der Waals surface area (Å²) in [6, 6.07) is 1.95. The number of pyridine rings is 1. The predicted molar refractivity (Wildman–Crippen MR) is 120 cm³/mol. The Kier molecular flexibility index (Phi) is 6.50. The van der Waals surface area contributed by atoms with E-state index in [2.05, 4.69) is 9.97 Å². The summed E-state index contributed by atoms with van der Waals surface area (Å²) in [7, 11) is -4.38. The van der Waals surface area contributed by atoms with Crippen molar-refractivity contribution in [2.75, 3.05) is 30.9 Å². The molecular formula is C20H23ClF2N5O7P. The van der Waals surface area contributed by atoms with E-state index in [9.17, 15) is 18.6 Å². The summed E-state index contributed by atoms with van der Waals surface area (Å²) in [6.07, 6.45) is -5.79. The minimum absolute atomic E-state index is 0.0498. The molecule has 3 fully saturated rings. The number of anilines is 1. The maximum atomic E-state index is 14.0. The second-order valence-electron chi connectivity index (χ2n) is 9.29. The third-order valence-electron chi connectivity index (χ3n) is 6.19. The number of ether oxygens (including phenoxy) is 4. The average molecular weight is 550 g/mol. The highest BCUT2D eigenvalue weighted by atomic mass is 35.5. The van der Waals surface area contributed by atoms with Crippen LogP contribution in [0.15, 0.2) is 6.33 Å². The van der Waals surface area contributed by atoms with Gasteiger partial charge in [-0.1, -0.05) is 11.6 Å². The quantitative estimate of drug-likeness (QED) is 0.402. The van der Waals surface area contributed by atoms with Gasteiger partial charge in [-0.05, 0) is 13.8 Å². The van der Waals surface area contributed by atoms with Crippen molar-refractivity contribution in [3.63, 3.8) is 0 Å². The molecule has 2 aromatic rings. The Morgan fingerprint density at radius 1 is 1.31 bits per heavy atom. The Morgan fingerprint density at radius 2 is 1.97 bits per heavy atom. The van der Waals surface area contributed by atoms with Gasteiger partial charge >= 0.3 is 7.60 Å². The minimum Gasteiger partial charge on any atom is -0.366 e. The third kappa shape index (κ3) is 4.59. The molecule has 36 heavy (non-hydrogen) atoms. The van der Waals surface area contributed by atoms with Crippen LogP contribution in [0.2, 0.25) is 5.15 Å². The summed E-state index contributed by atoms with van der Waals surface area (Å²) in [5.41, 5.74) is 0.526.